The Labute approximate surface area is 164 Å². The van der Waals surface area contributed by atoms with Gasteiger partial charge >= 0.3 is 0 Å². The lowest BCUT2D eigenvalue weighted by molar-refractivity contribution is 0.370. The predicted molar refractivity (Wildman–Crippen MR) is 102 cm³/mol. The van der Waals surface area contributed by atoms with E-state index in [1.807, 2.05) is 25.3 Å². The van der Waals surface area contributed by atoms with E-state index in [1.165, 1.54) is 0 Å². The van der Waals surface area contributed by atoms with E-state index < -0.39 is 10.0 Å². The molecule has 0 amide bonds. The van der Waals surface area contributed by atoms with E-state index in [2.05, 4.69) is 19.7 Å². The minimum absolute atomic E-state index is 0.168. The number of pyridine rings is 1. The first-order chi connectivity index (χ1) is 13.4. The Balaban J connectivity index is 1.72. The van der Waals surface area contributed by atoms with Crippen molar-refractivity contribution in [2.24, 2.45) is 0 Å². The van der Waals surface area contributed by atoms with Gasteiger partial charge in [-0.15, -0.1) is 0 Å². The summed E-state index contributed by atoms with van der Waals surface area (Å²) >= 11 is 0. The summed E-state index contributed by atoms with van der Waals surface area (Å²) in [5.74, 6) is 1.08. The van der Waals surface area contributed by atoms with Crippen LogP contribution in [0.25, 0.3) is 0 Å². The molecule has 1 aliphatic rings. The van der Waals surface area contributed by atoms with Crippen molar-refractivity contribution in [3.8, 4) is 0 Å². The fourth-order valence-corrected chi connectivity index (χ4v) is 5.82. The second kappa shape index (κ2) is 7.14. The van der Waals surface area contributed by atoms with Gasteiger partial charge in [-0.1, -0.05) is 11.2 Å². The van der Waals surface area contributed by atoms with Gasteiger partial charge in [0.2, 0.25) is 10.0 Å². The van der Waals surface area contributed by atoms with E-state index in [-0.39, 0.29) is 10.9 Å². The van der Waals surface area contributed by atoms with Gasteiger partial charge in [0.25, 0.3) is 0 Å². The summed E-state index contributed by atoms with van der Waals surface area (Å²) in [6.45, 7) is 6.32. The Hall–Kier alpha value is -2.52. The molecule has 1 unspecified atom stereocenters. The Morgan fingerprint density at radius 1 is 1.25 bits per heavy atom. The summed E-state index contributed by atoms with van der Waals surface area (Å²) in [6.07, 6.45) is 6.86. The summed E-state index contributed by atoms with van der Waals surface area (Å²) in [6, 6.07) is 3.58. The normalized spacial score (nSPS) is 18.0. The molecule has 0 radical (unpaired) electrons. The fraction of sp³-hybridized carbons (Fsp3) is 0.421. The summed E-state index contributed by atoms with van der Waals surface area (Å²) < 4.78 is 35.5. The monoisotopic (exact) mass is 401 g/mol. The third-order valence-corrected chi connectivity index (χ3v) is 7.34. The minimum atomic E-state index is -3.72. The third-order valence-electron chi connectivity index (χ3n) is 5.19. The van der Waals surface area contributed by atoms with Crippen LogP contribution in [0, 0.1) is 20.8 Å². The zero-order chi connectivity index (χ0) is 19.9. The Morgan fingerprint density at radius 2 is 2.07 bits per heavy atom. The molecule has 1 fully saturated rings. The van der Waals surface area contributed by atoms with Crippen molar-refractivity contribution in [2.75, 3.05) is 6.54 Å². The van der Waals surface area contributed by atoms with E-state index in [4.69, 9.17) is 4.52 Å². The van der Waals surface area contributed by atoms with Crippen molar-refractivity contribution in [3.05, 3.63) is 59.3 Å². The number of sulfonamides is 1. The maximum atomic E-state index is 13.4. The Morgan fingerprint density at radius 3 is 2.75 bits per heavy atom. The highest BCUT2D eigenvalue weighted by atomic mass is 32.2. The molecule has 0 spiro atoms. The van der Waals surface area contributed by atoms with Crippen molar-refractivity contribution in [1.82, 2.24) is 24.0 Å². The van der Waals surface area contributed by atoms with Crippen molar-refractivity contribution < 1.29 is 12.9 Å². The van der Waals surface area contributed by atoms with Crippen LogP contribution in [0.1, 0.15) is 47.4 Å². The Bertz CT molecular complexity index is 1070. The number of rotatable bonds is 5. The third kappa shape index (κ3) is 3.14. The largest absolute Gasteiger partial charge is 0.360 e. The molecule has 0 aliphatic carbocycles. The molecule has 8 nitrogen and oxygen atoms in total. The highest BCUT2D eigenvalue weighted by Crippen LogP contribution is 2.38. The van der Waals surface area contributed by atoms with Crippen LogP contribution in [0.5, 0.6) is 0 Å². The maximum absolute atomic E-state index is 13.4. The summed E-state index contributed by atoms with van der Waals surface area (Å²) in [7, 11) is -3.72. The van der Waals surface area contributed by atoms with Crippen LogP contribution in [0.2, 0.25) is 0 Å². The zero-order valence-corrected chi connectivity index (χ0v) is 17.0. The van der Waals surface area contributed by atoms with Gasteiger partial charge in [-0.2, -0.15) is 4.31 Å². The van der Waals surface area contributed by atoms with E-state index in [0.717, 1.165) is 29.9 Å². The Kier molecular flexibility index (Phi) is 4.80. The number of aromatic nitrogens is 4. The lowest BCUT2D eigenvalue weighted by atomic mass is 10.2. The van der Waals surface area contributed by atoms with E-state index in [9.17, 15) is 8.42 Å². The van der Waals surface area contributed by atoms with E-state index in [0.29, 0.717) is 24.5 Å². The van der Waals surface area contributed by atoms with Crippen molar-refractivity contribution in [2.45, 2.75) is 51.1 Å². The second-order valence-corrected chi connectivity index (χ2v) is 8.96. The molecule has 4 rings (SSSR count). The molecule has 148 valence electrons. The molecule has 1 aliphatic heterocycles. The van der Waals surface area contributed by atoms with Crippen molar-refractivity contribution >= 4 is 10.0 Å². The molecular formula is C19H23N5O3S. The van der Waals surface area contributed by atoms with Crippen LogP contribution < -0.4 is 0 Å². The van der Waals surface area contributed by atoms with Crippen molar-refractivity contribution in [1.29, 1.82) is 0 Å². The number of imidazole rings is 1. The van der Waals surface area contributed by atoms with Gasteiger partial charge in [0.1, 0.15) is 16.4 Å². The fourth-order valence-electron chi connectivity index (χ4n) is 3.87. The van der Waals surface area contributed by atoms with Gasteiger partial charge < -0.3 is 9.09 Å². The van der Waals surface area contributed by atoms with Crippen LogP contribution in [-0.4, -0.2) is 39.0 Å². The van der Waals surface area contributed by atoms with Crippen LogP contribution in [-0.2, 0) is 16.6 Å². The molecular weight excluding hydrogens is 378 g/mol. The van der Waals surface area contributed by atoms with Gasteiger partial charge in [-0.3, -0.25) is 4.98 Å². The lowest BCUT2D eigenvalue weighted by Gasteiger charge is -2.24. The maximum Gasteiger partial charge on any atom is 0.249 e. The highest BCUT2D eigenvalue weighted by molar-refractivity contribution is 7.89. The van der Waals surface area contributed by atoms with Crippen LogP contribution in [0.4, 0.5) is 0 Å². The smallest absolute Gasteiger partial charge is 0.249 e. The predicted octanol–water partition coefficient (Wildman–Crippen LogP) is 2.77. The first kappa shape index (κ1) is 18.8. The zero-order valence-electron chi connectivity index (χ0n) is 16.2. The van der Waals surface area contributed by atoms with Gasteiger partial charge in [0, 0.05) is 30.8 Å². The summed E-state index contributed by atoms with van der Waals surface area (Å²) in [5, 5.41) is 3.82. The number of aryl methyl sites for hydroxylation is 3. The summed E-state index contributed by atoms with van der Waals surface area (Å²) in [5.41, 5.74) is 2.42. The van der Waals surface area contributed by atoms with Gasteiger partial charge in [-0.05, 0) is 45.2 Å². The van der Waals surface area contributed by atoms with E-state index >= 15 is 0 Å². The first-order valence-corrected chi connectivity index (χ1v) is 10.7. The molecule has 3 aromatic heterocycles. The van der Waals surface area contributed by atoms with Gasteiger partial charge in [-0.25, -0.2) is 13.4 Å². The standard InChI is InChI=1S/C19H23N5O3S/c1-13-10-21-19(23(13)12-16-6-4-8-20-11-16)17-7-5-9-24(17)28(25,26)18-14(2)22-27-15(18)3/h4,6,8,10-11,17H,5,7,9,12H2,1-3H3. The second-order valence-electron chi connectivity index (χ2n) is 7.13. The molecule has 0 N–H and O–H groups in total. The average molecular weight is 401 g/mol. The highest BCUT2D eigenvalue weighted by Gasteiger charge is 2.41. The van der Waals surface area contributed by atoms with Crippen LogP contribution >= 0.6 is 0 Å². The summed E-state index contributed by atoms with van der Waals surface area (Å²) in [4.78, 5) is 8.92. The number of nitrogens with zero attached hydrogens (tertiary/aromatic N) is 5. The number of hydrogen-bond donors (Lipinski definition) is 0. The van der Waals surface area contributed by atoms with Gasteiger partial charge in [0.05, 0.1) is 12.6 Å². The quantitative estimate of drug-likeness (QED) is 0.652. The molecule has 0 bridgehead atoms. The van der Waals surface area contributed by atoms with Gasteiger partial charge in [0.15, 0.2) is 5.76 Å². The van der Waals surface area contributed by atoms with E-state index in [1.54, 1.807) is 30.5 Å². The molecule has 9 heteroatoms. The average Bonchev–Trinajstić information content (AvgIpc) is 3.36. The minimum Gasteiger partial charge on any atom is -0.360 e. The van der Waals surface area contributed by atoms with Crippen LogP contribution in [0.15, 0.2) is 40.1 Å². The molecule has 4 heterocycles. The molecule has 3 aromatic rings. The molecule has 1 saturated heterocycles. The molecule has 1 atom stereocenters. The van der Waals surface area contributed by atoms with Crippen LogP contribution in [0.3, 0.4) is 0 Å². The molecule has 0 saturated carbocycles. The molecule has 28 heavy (non-hydrogen) atoms. The topological polar surface area (TPSA) is 94.1 Å². The number of hydrogen-bond acceptors (Lipinski definition) is 6. The lowest BCUT2D eigenvalue weighted by Crippen LogP contribution is -2.33. The first-order valence-electron chi connectivity index (χ1n) is 9.25. The SMILES string of the molecule is Cc1noc(C)c1S(=O)(=O)N1CCCC1c1ncc(C)n1Cc1cccnc1. The molecule has 0 aromatic carbocycles. The van der Waals surface area contributed by atoms with Crippen molar-refractivity contribution in [3.63, 3.8) is 0 Å².